The molecule has 1 aliphatic heterocycles. The Morgan fingerprint density at radius 1 is 1.31 bits per heavy atom. The third-order valence-electron chi connectivity index (χ3n) is 4.58. The molecule has 7 heteroatoms. The summed E-state index contributed by atoms with van der Waals surface area (Å²) in [5.41, 5.74) is 1.63. The monoisotopic (exact) mass is 359 g/mol. The van der Waals surface area contributed by atoms with Crippen molar-refractivity contribution in [3.63, 3.8) is 0 Å². The standard InChI is InChI=1S/C19H25N3O4/c1-2-25-17(23)8-5-11-20-18(24)14-9-12-22(13-10-14)19-21-15-6-3-4-7-16(15)26-19/h3-4,6-7,14H,2,5,8-13H2,1H3,(H,20,24). The molecule has 1 N–H and O–H groups in total. The van der Waals surface area contributed by atoms with Crippen LogP contribution in [0.5, 0.6) is 0 Å². The maximum Gasteiger partial charge on any atom is 0.305 e. The Morgan fingerprint density at radius 2 is 2.08 bits per heavy atom. The van der Waals surface area contributed by atoms with Crippen molar-refractivity contribution in [3.05, 3.63) is 24.3 Å². The van der Waals surface area contributed by atoms with Gasteiger partial charge in [-0.1, -0.05) is 12.1 Å². The summed E-state index contributed by atoms with van der Waals surface area (Å²) in [5.74, 6) is -0.155. The fourth-order valence-corrected chi connectivity index (χ4v) is 3.15. The molecule has 0 unspecified atom stereocenters. The van der Waals surface area contributed by atoms with Gasteiger partial charge in [-0.25, -0.2) is 0 Å². The van der Waals surface area contributed by atoms with E-state index in [0.717, 1.165) is 37.0 Å². The fourth-order valence-electron chi connectivity index (χ4n) is 3.15. The first-order valence-corrected chi connectivity index (χ1v) is 9.21. The smallest absolute Gasteiger partial charge is 0.305 e. The number of oxazole rings is 1. The van der Waals surface area contributed by atoms with E-state index in [1.807, 2.05) is 24.3 Å². The Labute approximate surface area is 152 Å². The molecule has 1 aromatic carbocycles. The molecule has 0 aliphatic carbocycles. The summed E-state index contributed by atoms with van der Waals surface area (Å²) in [4.78, 5) is 30.1. The topological polar surface area (TPSA) is 84.7 Å². The van der Waals surface area contributed by atoms with E-state index in [0.29, 0.717) is 32.0 Å². The van der Waals surface area contributed by atoms with Gasteiger partial charge in [0.15, 0.2) is 5.58 Å². The summed E-state index contributed by atoms with van der Waals surface area (Å²) in [7, 11) is 0. The van der Waals surface area contributed by atoms with E-state index in [2.05, 4.69) is 15.2 Å². The number of nitrogens with zero attached hydrogens (tertiary/aromatic N) is 2. The molecule has 0 bridgehead atoms. The van der Waals surface area contributed by atoms with Crippen molar-refractivity contribution >= 4 is 29.0 Å². The SMILES string of the molecule is CCOC(=O)CCCNC(=O)C1CCN(c2nc3ccccc3o2)CC1. The highest BCUT2D eigenvalue weighted by molar-refractivity contribution is 5.79. The fraction of sp³-hybridized carbons (Fsp3) is 0.526. The van der Waals surface area contributed by atoms with Crippen LogP contribution in [0.1, 0.15) is 32.6 Å². The number of hydrogen-bond donors (Lipinski definition) is 1. The summed E-state index contributed by atoms with van der Waals surface area (Å²) in [6, 6.07) is 8.32. The number of amides is 1. The summed E-state index contributed by atoms with van der Waals surface area (Å²) >= 11 is 0. The lowest BCUT2D eigenvalue weighted by Gasteiger charge is -2.30. The molecule has 0 saturated carbocycles. The van der Waals surface area contributed by atoms with Crippen LogP contribution in [-0.4, -0.2) is 43.1 Å². The molecule has 0 radical (unpaired) electrons. The lowest BCUT2D eigenvalue weighted by Crippen LogP contribution is -2.41. The van der Waals surface area contributed by atoms with E-state index >= 15 is 0 Å². The van der Waals surface area contributed by atoms with Crippen molar-refractivity contribution in [1.82, 2.24) is 10.3 Å². The predicted molar refractivity (Wildman–Crippen MR) is 97.8 cm³/mol. The van der Waals surface area contributed by atoms with Gasteiger partial charge in [0.05, 0.1) is 6.61 Å². The third kappa shape index (κ3) is 4.53. The van der Waals surface area contributed by atoms with E-state index < -0.39 is 0 Å². The lowest BCUT2D eigenvalue weighted by molar-refractivity contribution is -0.143. The molecular weight excluding hydrogens is 334 g/mol. The van der Waals surface area contributed by atoms with E-state index in [-0.39, 0.29) is 17.8 Å². The zero-order valence-corrected chi connectivity index (χ0v) is 15.1. The van der Waals surface area contributed by atoms with Gasteiger partial charge in [-0.3, -0.25) is 9.59 Å². The maximum absolute atomic E-state index is 12.3. The highest BCUT2D eigenvalue weighted by atomic mass is 16.5. The Balaban J connectivity index is 1.41. The van der Waals surface area contributed by atoms with Gasteiger partial charge in [-0.2, -0.15) is 4.98 Å². The average Bonchev–Trinajstić information content (AvgIpc) is 3.09. The molecule has 1 amide bonds. The van der Waals surface area contributed by atoms with E-state index in [4.69, 9.17) is 9.15 Å². The second-order valence-corrected chi connectivity index (χ2v) is 6.43. The van der Waals surface area contributed by atoms with Crippen molar-refractivity contribution in [3.8, 4) is 0 Å². The van der Waals surface area contributed by atoms with Crippen LogP contribution in [0.2, 0.25) is 0 Å². The van der Waals surface area contributed by atoms with Gasteiger partial charge in [-0.05, 0) is 38.3 Å². The second kappa shape index (κ2) is 8.69. The Bertz CT molecular complexity index is 717. The van der Waals surface area contributed by atoms with Gasteiger partial charge in [0.25, 0.3) is 6.01 Å². The van der Waals surface area contributed by atoms with Gasteiger partial charge in [-0.15, -0.1) is 0 Å². The van der Waals surface area contributed by atoms with Crippen LogP contribution in [0.15, 0.2) is 28.7 Å². The van der Waals surface area contributed by atoms with E-state index in [1.165, 1.54) is 0 Å². The molecule has 2 aromatic rings. The minimum atomic E-state index is -0.214. The number of hydrogen-bond acceptors (Lipinski definition) is 6. The number of ether oxygens (including phenoxy) is 1. The molecule has 2 heterocycles. The van der Waals surface area contributed by atoms with Crippen molar-refractivity contribution < 1.29 is 18.7 Å². The Kier molecular flexibility index (Phi) is 6.09. The number of carbonyl (C=O) groups excluding carboxylic acids is 2. The largest absolute Gasteiger partial charge is 0.466 e. The first-order chi connectivity index (χ1) is 12.7. The molecule has 3 rings (SSSR count). The summed E-state index contributed by atoms with van der Waals surface area (Å²) in [5, 5.41) is 2.92. The molecule has 1 aliphatic rings. The zero-order chi connectivity index (χ0) is 18.4. The highest BCUT2D eigenvalue weighted by Crippen LogP contribution is 2.26. The van der Waals surface area contributed by atoms with E-state index in [9.17, 15) is 9.59 Å². The van der Waals surface area contributed by atoms with Gasteiger partial charge >= 0.3 is 5.97 Å². The van der Waals surface area contributed by atoms with Crippen LogP contribution in [-0.2, 0) is 14.3 Å². The minimum Gasteiger partial charge on any atom is -0.466 e. The number of carbonyl (C=O) groups is 2. The Morgan fingerprint density at radius 3 is 2.81 bits per heavy atom. The normalized spacial score (nSPS) is 15.2. The zero-order valence-electron chi connectivity index (χ0n) is 15.1. The molecular formula is C19H25N3O4. The number of esters is 1. The lowest BCUT2D eigenvalue weighted by atomic mass is 9.96. The number of anilines is 1. The van der Waals surface area contributed by atoms with Crippen LogP contribution in [0.25, 0.3) is 11.1 Å². The number of fused-ring (bicyclic) bond motifs is 1. The van der Waals surface area contributed by atoms with Crippen molar-refractivity contribution in [2.75, 3.05) is 31.1 Å². The number of rotatable bonds is 7. The van der Waals surface area contributed by atoms with Crippen LogP contribution in [0.3, 0.4) is 0 Å². The highest BCUT2D eigenvalue weighted by Gasteiger charge is 2.27. The van der Waals surface area contributed by atoms with Crippen molar-refractivity contribution in [2.45, 2.75) is 32.6 Å². The van der Waals surface area contributed by atoms with Crippen LogP contribution < -0.4 is 10.2 Å². The molecule has 7 nitrogen and oxygen atoms in total. The predicted octanol–water partition coefficient (Wildman–Crippen LogP) is 2.50. The third-order valence-corrected chi connectivity index (χ3v) is 4.58. The van der Waals surface area contributed by atoms with Gasteiger partial charge in [0.2, 0.25) is 5.91 Å². The van der Waals surface area contributed by atoms with Gasteiger partial charge < -0.3 is 19.4 Å². The first-order valence-electron chi connectivity index (χ1n) is 9.21. The molecule has 1 fully saturated rings. The average molecular weight is 359 g/mol. The minimum absolute atomic E-state index is 0.00165. The number of piperidine rings is 1. The number of benzene rings is 1. The van der Waals surface area contributed by atoms with E-state index in [1.54, 1.807) is 6.92 Å². The molecule has 0 atom stereocenters. The second-order valence-electron chi connectivity index (χ2n) is 6.43. The summed E-state index contributed by atoms with van der Waals surface area (Å²) in [6.45, 7) is 4.17. The number of aromatic nitrogens is 1. The van der Waals surface area contributed by atoms with Gasteiger partial charge in [0, 0.05) is 32.0 Å². The van der Waals surface area contributed by atoms with Gasteiger partial charge in [0.1, 0.15) is 5.52 Å². The Hall–Kier alpha value is -2.57. The van der Waals surface area contributed by atoms with Crippen molar-refractivity contribution in [1.29, 1.82) is 0 Å². The van der Waals surface area contributed by atoms with Crippen LogP contribution in [0, 0.1) is 5.92 Å². The molecule has 140 valence electrons. The molecule has 1 aromatic heterocycles. The van der Waals surface area contributed by atoms with Crippen LogP contribution >= 0.6 is 0 Å². The molecule has 1 saturated heterocycles. The molecule has 26 heavy (non-hydrogen) atoms. The number of nitrogens with one attached hydrogen (secondary N) is 1. The number of para-hydroxylation sites is 2. The summed E-state index contributed by atoms with van der Waals surface area (Å²) < 4.78 is 10.7. The summed E-state index contributed by atoms with van der Waals surface area (Å²) in [6.07, 6.45) is 2.47. The first kappa shape index (κ1) is 18.2. The molecule has 0 spiro atoms. The maximum atomic E-state index is 12.3. The quantitative estimate of drug-likeness (QED) is 0.604. The van der Waals surface area contributed by atoms with Crippen LogP contribution in [0.4, 0.5) is 6.01 Å². The van der Waals surface area contributed by atoms with Crippen molar-refractivity contribution in [2.24, 2.45) is 5.92 Å².